The molecule has 1 heterocycles. The summed E-state index contributed by atoms with van der Waals surface area (Å²) in [6, 6.07) is 6.35. The normalized spacial score (nSPS) is 10.7. The van der Waals surface area contributed by atoms with Gasteiger partial charge in [-0.25, -0.2) is 0 Å². The van der Waals surface area contributed by atoms with Crippen molar-refractivity contribution >= 4 is 0 Å². The Labute approximate surface area is 95.5 Å². The van der Waals surface area contributed by atoms with Crippen molar-refractivity contribution < 1.29 is 4.52 Å². The van der Waals surface area contributed by atoms with E-state index in [2.05, 4.69) is 42.5 Å². The Hall–Kier alpha value is -1.61. The highest BCUT2D eigenvalue weighted by Gasteiger charge is 2.12. The standard InChI is InChI=1S/C13H16N2O/c1-9-4-5-10(2)12(6-9)13-11(7-14-3)8-15-16-13/h4-6,8,14H,7H2,1-3H3. The Morgan fingerprint density at radius 1 is 1.31 bits per heavy atom. The van der Waals surface area contributed by atoms with Gasteiger partial charge in [-0.2, -0.15) is 0 Å². The minimum Gasteiger partial charge on any atom is -0.356 e. The SMILES string of the molecule is CNCc1cnoc1-c1cc(C)ccc1C. The predicted octanol–water partition coefficient (Wildman–Crippen LogP) is 2.68. The highest BCUT2D eigenvalue weighted by atomic mass is 16.5. The first-order valence-corrected chi connectivity index (χ1v) is 5.38. The van der Waals surface area contributed by atoms with Gasteiger partial charge in [-0.1, -0.05) is 22.9 Å². The van der Waals surface area contributed by atoms with Crippen LogP contribution in [0.2, 0.25) is 0 Å². The average molecular weight is 216 g/mol. The van der Waals surface area contributed by atoms with Gasteiger partial charge in [-0.3, -0.25) is 0 Å². The lowest BCUT2D eigenvalue weighted by Crippen LogP contribution is -2.05. The maximum atomic E-state index is 5.35. The Morgan fingerprint density at radius 3 is 2.88 bits per heavy atom. The number of aromatic nitrogens is 1. The van der Waals surface area contributed by atoms with Crippen LogP contribution in [0.15, 0.2) is 28.9 Å². The van der Waals surface area contributed by atoms with E-state index in [1.165, 1.54) is 11.1 Å². The minimum absolute atomic E-state index is 0.770. The van der Waals surface area contributed by atoms with Gasteiger partial charge in [0, 0.05) is 17.7 Å². The van der Waals surface area contributed by atoms with Crippen molar-refractivity contribution in [3.63, 3.8) is 0 Å². The van der Waals surface area contributed by atoms with Gasteiger partial charge in [-0.05, 0) is 32.5 Å². The molecule has 0 saturated carbocycles. The van der Waals surface area contributed by atoms with E-state index < -0.39 is 0 Å². The molecule has 0 aliphatic carbocycles. The van der Waals surface area contributed by atoms with E-state index in [0.717, 1.165) is 23.4 Å². The second-order valence-electron chi connectivity index (χ2n) is 4.03. The van der Waals surface area contributed by atoms with Crippen LogP contribution in [-0.2, 0) is 6.54 Å². The summed E-state index contributed by atoms with van der Waals surface area (Å²) in [6.07, 6.45) is 1.77. The molecule has 0 spiro atoms. The van der Waals surface area contributed by atoms with Gasteiger partial charge >= 0.3 is 0 Å². The molecule has 0 fully saturated rings. The van der Waals surface area contributed by atoms with E-state index in [1.54, 1.807) is 6.20 Å². The molecule has 2 rings (SSSR count). The molecule has 0 amide bonds. The summed E-state index contributed by atoms with van der Waals surface area (Å²) in [5, 5.41) is 6.99. The van der Waals surface area contributed by atoms with Crippen LogP contribution in [0.1, 0.15) is 16.7 Å². The maximum Gasteiger partial charge on any atom is 0.171 e. The lowest BCUT2D eigenvalue weighted by molar-refractivity contribution is 0.431. The Balaban J connectivity index is 2.49. The highest BCUT2D eigenvalue weighted by Crippen LogP contribution is 2.27. The molecule has 0 unspecified atom stereocenters. The molecule has 0 atom stereocenters. The van der Waals surface area contributed by atoms with Crippen molar-refractivity contribution in [2.45, 2.75) is 20.4 Å². The van der Waals surface area contributed by atoms with Crippen LogP contribution < -0.4 is 5.32 Å². The molecular formula is C13H16N2O. The number of benzene rings is 1. The number of hydrogen-bond donors (Lipinski definition) is 1. The van der Waals surface area contributed by atoms with Crippen LogP contribution in [0.4, 0.5) is 0 Å². The molecule has 1 N–H and O–H groups in total. The first-order chi connectivity index (χ1) is 7.72. The fraction of sp³-hybridized carbons (Fsp3) is 0.308. The van der Waals surface area contributed by atoms with Crippen molar-refractivity contribution in [1.29, 1.82) is 0 Å². The van der Waals surface area contributed by atoms with Crippen LogP contribution in [0, 0.1) is 13.8 Å². The first-order valence-electron chi connectivity index (χ1n) is 5.38. The number of nitrogens with zero attached hydrogens (tertiary/aromatic N) is 1. The largest absolute Gasteiger partial charge is 0.356 e. The van der Waals surface area contributed by atoms with Crippen LogP contribution in [0.3, 0.4) is 0 Å². The van der Waals surface area contributed by atoms with E-state index in [9.17, 15) is 0 Å². The third-order valence-corrected chi connectivity index (χ3v) is 2.65. The van der Waals surface area contributed by atoms with Gasteiger partial charge in [0.1, 0.15) is 0 Å². The van der Waals surface area contributed by atoms with Gasteiger partial charge in [0.15, 0.2) is 5.76 Å². The van der Waals surface area contributed by atoms with E-state index in [1.807, 2.05) is 7.05 Å². The Kier molecular flexibility index (Phi) is 3.06. The molecule has 1 aromatic carbocycles. The fourth-order valence-electron chi connectivity index (χ4n) is 1.78. The smallest absolute Gasteiger partial charge is 0.171 e. The van der Waals surface area contributed by atoms with Crippen molar-refractivity contribution in [2.75, 3.05) is 7.05 Å². The molecular weight excluding hydrogens is 200 g/mol. The molecule has 0 radical (unpaired) electrons. The van der Waals surface area contributed by atoms with Gasteiger partial charge in [-0.15, -0.1) is 0 Å². The van der Waals surface area contributed by atoms with E-state index >= 15 is 0 Å². The van der Waals surface area contributed by atoms with E-state index in [0.29, 0.717) is 0 Å². The van der Waals surface area contributed by atoms with E-state index in [4.69, 9.17) is 4.52 Å². The number of nitrogens with one attached hydrogen (secondary N) is 1. The van der Waals surface area contributed by atoms with Crippen LogP contribution in [-0.4, -0.2) is 12.2 Å². The summed E-state index contributed by atoms with van der Waals surface area (Å²) in [4.78, 5) is 0. The number of aryl methyl sites for hydroxylation is 2. The Morgan fingerprint density at radius 2 is 2.12 bits per heavy atom. The monoisotopic (exact) mass is 216 g/mol. The van der Waals surface area contributed by atoms with Gasteiger partial charge < -0.3 is 9.84 Å². The second kappa shape index (κ2) is 4.49. The number of rotatable bonds is 3. The highest BCUT2D eigenvalue weighted by molar-refractivity contribution is 5.65. The first kappa shape index (κ1) is 10.9. The zero-order valence-corrected chi connectivity index (χ0v) is 9.87. The summed E-state index contributed by atoms with van der Waals surface area (Å²) in [6.45, 7) is 4.93. The van der Waals surface area contributed by atoms with Crippen molar-refractivity contribution in [1.82, 2.24) is 10.5 Å². The predicted molar refractivity (Wildman–Crippen MR) is 64.2 cm³/mol. The van der Waals surface area contributed by atoms with E-state index in [-0.39, 0.29) is 0 Å². The zero-order valence-electron chi connectivity index (χ0n) is 9.87. The van der Waals surface area contributed by atoms with Crippen molar-refractivity contribution in [3.8, 4) is 11.3 Å². The molecule has 0 saturated heterocycles. The van der Waals surface area contributed by atoms with Crippen LogP contribution in [0.25, 0.3) is 11.3 Å². The van der Waals surface area contributed by atoms with Crippen molar-refractivity contribution in [3.05, 3.63) is 41.1 Å². The molecule has 84 valence electrons. The summed E-state index contributed by atoms with van der Waals surface area (Å²) in [5.41, 5.74) is 4.66. The molecule has 0 bridgehead atoms. The zero-order chi connectivity index (χ0) is 11.5. The molecule has 1 aromatic heterocycles. The molecule has 0 aliphatic heterocycles. The maximum absolute atomic E-state index is 5.35. The molecule has 0 aliphatic rings. The minimum atomic E-state index is 0.770. The van der Waals surface area contributed by atoms with Crippen LogP contribution in [0.5, 0.6) is 0 Å². The van der Waals surface area contributed by atoms with Crippen LogP contribution >= 0.6 is 0 Å². The number of hydrogen-bond acceptors (Lipinski definition) is 3. The van der Waals surface area contributed by atoms with Crippen molar-refractivity contribution in [2.24, 2.45) is 0 Å². The molecule has 16 heavy (non-hydrogen) atoms. The molecule has 3 nitrogen and oxygen atoms in total. The average Bonchev–Trinajstić information content (AvgIpc) is 2.70. The lowest BCUT2D eigenvalue weighted by atomic mass is 10.0. The quantitative estimate of drug-likeness (QED) is 0.857. The lowest BCUT2D eigenvalue weighted by Gasteiger charge is -2.05. The van der Waals surface area contributed by atoms with Gasteiger partial charge in [0.25, 0.3) is 0 Å². The fourth-order valence-corrected chi connectivity index (χ4v) is 1.78. The summed E-state index contributed by atoms with van der Waals surface area (Å²) in [7, 11) is 1.92. The third kappa shape index (κ3) is 1.99. The Bertz CT molecular complexity index is 488. The molecule has 2 aromatic rings. The second-order valence-corrected chi connectivity index (χ2v) is 4.03. The molecule has 3 heteroatoms. The summed E-state index contributed by atoms with van der Waals surface area (Å²) >= 11 is 0. The van der Waals surface area contributed by atoms with Gasteiger partial charge in [0.2, 0.25) is 0 Å². The summed E-state index contributed by atoms with van der Waals surface area (Å²) in [5.74, 6) is 0.871. The topological polar surface area (TPSA) is 38.1 Å². The van der Waals surface area contributed by atoms with Gasteiger partial charge in [0.05, 0.1) is 6.20 Å². The third-order valence-electron chi connectivity index (χ3n) is 2.65. The summed E-state index contributed by atoms with van der Waals surface area (Å²) < 4.78 is 5.35.